The van der Waals surface area contributed by atoms with Crippen LogP contribution in [-0.4, -0.2) is 15.0 Å². The fraction of sp³-hybridized carbons (Fsp3) is 0.167. The molecule has 4 nitrogen and oxygen atoms in total. The predicted molar refractivity (Wildman–Crippen MR) is 86.8 cm³/mol. The summed E-state index contributed by atoms with van der Waals surface area (Å²) < 4.78 is 28.0. The summed E-state index contributed by atoms with van der Waals surface area (Å²) in [4.78, 5) is 1.22. The quantitative estimate of drug-likeness (QED) is 0.763. The van der Waals surface area contributed by atoms with Crippen LogP contribution < -0.4 is 10.5 Å². The highest BCUT2D eigenvalue weighted by Crippen LogP contribution is 2.23. The van der Waals surface area contributed by atoms with Gasteiger partial charge in [-0.05, 0) is 52.7 Å². The number of nitrogens with one attached hydrogen (secondary N) is 1. The Morgan fingerprint density at radius 2 is 2.05 bits per heavy atom. The highest BCUT2D eigenvalue weighted by atomic mass is 79.9. The van der Waals surface area contributed by atoms with E-state index < -0.39 is 10.0 Å². The SMILES string of the molecule is Nc1ccc(S(=O)(=O)NCCc2ccc(Cl)s2)cc1Br. The number of hydrogen-bond donors (Lipinski definition) is 2. The Morgan fingerprint density at radius 1 is 1.30 bits per heavy atom. The molecule has 20 heavy (non-hydrogen) atoms. The first kappa shape index (κ1) is 15.8. The van der Waals surface area contributed by atoms with Gasteiger partial charge in [-0.25, -0.2) is 13.1 Å². The number of thiophene rings is 1. The fourth-order valence-electron chi connectivity index (χ4n) is 1.55. The zero-order valence-electron chi connectivity index (χ0n) is 10.3. The first-order valence-electron chi connectivity index (χ1n) is 5.67. The molecular weight excluding hydrogens is 384 g/mol. The summed E-state index contributed by atoms with van der Waals surface area (Å²) in [6.45, 7) is 0.321. The molecule has 0 aliphatic carbocycles. The summed E-state index contributed by atoms with van der Waals surface area (Å²) in [5.41, 5.74) is 6.13. The molecule has 108 valence electrons. The third-order valence-corrected chi connectivity index (χ3v) is 6.01. The van der Waals surface area contributed by atoms with Crippen LogP contribution in [0.5, 0.6) is 0 Å². The maximum atomic E-state index is 12.1. The van der Waals surface area contributed by atoms with Gasteiger partial charge in [0.2, 0.25) is 10.0 Å². The van der Waals surface area contributed by atoms with Gasteiger partial charge in [0.15, 0.2) is 0 Å². The molecule has 0 aliphatic rings. The summed E-state index contributed by atoms with van der Waals surface area (Å²) >= 11 is 10.5. The second-order valence-corrected chi connectivity index (χ2v) is 8.46. The van der Waals surface area contributed by atoms with E-state index in [2.05, 4.69) is 20.7 Å². The van der Waals surface area contributed by atoms with Crippen molar-refractivity contribution in [3.8, 4) is 0 Å². The van der Waals surface area contributed by atoms with E-state index in [-0.39, 0.29) is 4.90 Å². The fourth-order valence-corrected chi connectivity index (χ4v) is 4.23. The Bertz CT molecular complexity index is 716. The molecule has 8 heteroatoms. The molecule has 0 radical (unpaired) electrons. The maximum absolute atomic E-state index is 12.1. The smallest absolute Gasteiger partial charge is 0.240 e. The van der Waals surface area contributed by atoms with Crippen LogP contribution in [0.4, 0.5) is 5.69 Å². The molecule has 2 aromatic rings. The van der Waals surface area contributed by atoms with E-state index in [1.807, 2.05) is 6.07 Å². The van der Waals surface area contributed by atoms with Gasteiger partial charge in [0.1, 0.15) is 0 Å². The van der Waals surface area contributed by atoms with Crippen molar-refractivity contribution in [2.75, 3.05) is 12.3 Å². The Kier molecular flexibility index (Phi) is 5.09. The second kappa shape index (κ2) is 6.44. The normalized spacial score (nSPS) is 11.7. The number of rotatable bonds is 5. The summed E-state index contributed by atoms with van der Waals surface area (Å²) in [6.07, 6.45) is 0.604. The van der Waals surface area contributed by atoms with Crippen LogP contribution in [0.3, 0.4) is 0 Å². The number of nitrogens with two attached hydrogens (primary N) is 1. The average Bonchev–Trinajstić information content (AvgIpc) is 2.78. The van der Waals surface area contributed by atoms with E-state index in [0.29, 0.717) is 27.5 Å². The third-order valence-electron chi connectivity index (χ3n) is 2.57. The minimum Gasteiger partial charge on any atom is -0.398 e. The molecule has 2 rings (SSSR count). The third kappa shape index (κ3) is 3.95. The summed E-state index contributed by atoms with van der Waals surface area (Å²) in [5.74, 6) is 0. The molecule has 0 bridgehead atoms. The highest BCUT2D eigenvalue weighted by molar-refractivity contribution is 9.10. The van der Waals surface area contributed by atoms with Gasteiger partial charge in [0, 0.05) is 21.6 Å². The van der Waals surface area contributed by atoms with Crippen molar-refractivity contribution in [1.82, 2.24) is 4.72 Å². The lowest BCUT2D eigenvalue weighted by molar-refractivity contribution is 0.582. The molecular formula is C12H12BrClN2O2S2. The Morgan fingerprint density at radius 3 is 2.65 bits per heavy atom. The number of sulfonamides is 1. The molecule has 0 atom stereocenters. The second-order valence-electron chi connectivity index (χ2n) is 4.04. The number of benzene rings is 1. The number of halogens is 2. The molecule has 0 unspecified atom stereocenters. The van der Waals surface area contributed by atoms with Gasteiger partial charge in [-0.15, -0.1) is 11.3 Å². The summed E-state index contributed by atoms with van der Waals surface area (Å²) in [5, 5.41) is 0. The van der Waals surface area contributed by atoms with Gasteiger partial charge in [0.05, 0.1) is 9.23 Å². The number of nitrogen functional groups attached to an aromatic ring is 1. The molecule has 0 fully saturated rings. The molecule has 0 saturated carbocycles. The molecule has 0 amide bonds. The van der Waals surface area contributed by atoms with E-state index >= 15 is 0 Å². The van der Waals surface area contributed by atoms with E-state index in [1.165, 1.54) is 23.5 Å². The first-order valence-corrected chi connectivity index (χ1v) is 9.14. The topological polar surface area (TPSA) is 72.2 Å². The summed E-state index contributed by atoms with van der Waals surface area (Å²) in [7, 11) is -3.53. The zero-order valence-corrected chi connectivity index (χ0v) is 14.2. The van der Waals surface area contributed by atoms with E-state index in [0.717, 1.165) is 4.88 Å². The van der Waals surface area contributed by atoms with Gasteiger partial charge >= 0.3 is 0 Å². The lowest BCUT2D eigenvalue weighted by Gasteiger charge is -2.07. The maximum Gasteiger partial charge on any atom is 0.240 e. The van der Waals surface area contributed by atoms with Crippen molar-refractivity contribution in [2.45, 2.75) is 11.3 Å². The van der Waals surface area contributed by atoms with E-state index in [9.17, 15) is 8.42 Å². The Hall–Kier alpha value is -0.600. The van der Waals surface area contributed by atoms with E-state index in [4.69, 9.17) is 17.3 Å². The minimum atomic E-state index is -3.53. The lowest BCUT2D eigenvalue weighted by atomic mass is 10.3. The number of anilines is 1. The Labute approximate surface area is 135 Å². The largest absolute Gasteiger partial charge is 0.398 e. The van der Waals surface area contributed by atoms with Crippen LogP contribution >= 0.6 is 38.9 Å². The first-order chi connectivity index (χ1) is 9.38. The lowest BCUT2D eigenvalue weighted by Crippen LogP contribution is -2.25. The van der Waals surface area contributed by atoms with Crippen LogP contribution in [0.2, 0.25) is 4.34 Å². The zero-order chi connectivity index (χ0) is 14.8. The van der Waals surface area contributed by atoms with Crippen LogP contribution in [0.15, 0.2) is 39.7 Å². The molecule has 3 N–H and O–H groups in total. The molecule has 1 aromatic heterocycles. The monoisotopic (exact) mass is 394 g/mol. The van der Waals surface area contributed by atoms with Crippen LogP contribution in [-0.2, 0) is 16.4 Å². The highest BCUT2D eigenvalue weighted by Gasteiger charge is 2.14. The van der Waals surface area contributed by atoms with Gasteiger partial charge < -0.3 is 5.73 Å². The van der Waals surface area contributed by atoms with Crippen LogP contribution in [0.1, 0.15) is 4.88 Å². The molecule has 0 spiro atoms. The Balaban J connectivity index is 2.02. The molecule has 0 aliphatic heterocycles. The average molecular weight is 396 g/mol. The van der Waals surface area contributed by atoms with Crippen molar-refractivity contribution in [3.63, 3.8) is 0 Å². The van der Waals surface area contributed by atoms with Gasteiger partial charge in [-0.1, -0.05) is 11.6 Å². The van der Waals surface area contributed by atoms with Crippen molar-refractivity contribution in [1.29, 1.82) is 0 Å². The molecule has 1 heterocycles. The standard InChI is InChI=1S/C12H12BrClN2O2S2/c13-10-7-9(2-3-11(10)15)20(17,18)16-6-5-8-1-4-12(14)19-8/h1-4,7,16H,5-6,15H2. The van der Waals surface area contributed by atoms with E-state index in [1.54, 1.807) is 12.1 Å². The molecule has 0 saturated heterocycles. The van der Waals surface area contributed by atoms with Crippen LogP contribution in [0.25, 0.3) is 0 Å². The minimum absolute atomic E-state index is 0.183. The van der Waals surface area contributed by atoms with Crippen LogP contribution in [0, 0.1) is 0 Å². The number of hydrogen-bond acceptors (Lipinski definition) is 4. The van der Waals surface area contributed by atoms with Gasteiger partial charge in [0.25, 0.3) is 0 Å². The van der Waals surface area contributed by atoms with Gasteiger partial charge in [-0.3, -0.25) is 0 Å². The van der Waals surface area contributed by atoms with Gasteiger partial charge in [-0.2, -0.15) is 0 Å². The predicted octanol–water partition coefficient (Wildman–Crippen LogP) is 3.27. The summed E-state index contributed by atoms with van der Waals surface area (Å²) in [6, 6.07) is 8.20. The van der Waals surface area contributed by atoms with Crippen molar-refractivity contribution in [3.05, 3.63) is 44.0 Å². The van der Waals surface area contributed by atoms with Crippen molar-refractivity contribution in [2.24, 2.45) is 0 Å². The molecule has 1 aromatic carbocycles. The van der Waals surface area contributed by atoms with Crippen molar-refractivity contribution >= 4 is 54.6 Å². The van der Waals surface area contributed by atoms with Crippen molar-refractivity contribution < 1.29 is 8.42 Å².